The minimum atomic E-state index is -0.183. The molecule has 0 unspecified atom stereocenters. The average molecular weight is 273 g/mol. The number of hydrogen-bond donors (Lipinski definition) is 1. The van der Waals surface area contributed by atoms with Crippen molar-refractivity contribution < 1.29 is 4.79 Å². The molecule has 21 heavy (non-hydrogen) atoms. The highest BCUT2D eigenvalue weighted by Crippen LogP contribution is 2.24. The molecule has 0 saturated heterocycles. The van der Waals surface area contributed by atoms with E-state index in [1.54, 1.807) is 0 Å². The summed E-state index contributed by atoms with van der Waals surface area (Å²) in [6.45, 7) is 3.89. The van der Waals surface area contributed by atoms with E-state index < -0.39 is 0 Å². The maximum atomic E-state index is 12.3. The van der Waals surface area contributed by atoms with Crippen LogP contribution in [0, 0.1) is 0 Å². The molecule has 0 atom stereocenters. The summed E-state index contributed by atoms with van der Waals surface area (Å²) in [5, 5.41) is 5.06. The summed E-state index contributed by atoms with van der Waals surface area (Å²) in [5.74, 6) is -0.183. The Morgan fingerprint density at radius 3 is 2.29 bits per heavy atom. The topological polar surface area (TPSA) is 29.1 Å². The maximum Gasteiger partial charge on any atom is 0.255 e. The monoisotopic (exact) mass is 273 g/mol. The van der Waals surface area contributed by atoms with Crippen molar-refractivity contribution in [3.8, 4) is 0 Å². The first kappa shape index (κ1) is 13.1. The SMILES string of the molecule is C=C(C(=O)Nc1cccc2ccccc12)c1ccccc1. The zero-order chi connectivity index (χ0) is 14.7. The van der Waals surface area contributed by atoms with E-state index in [0.717, 1.165) is 22.0 Å². The molecule has 1 N–H and O–H groups in total. The second-order valence-electron chi connectivity index (χ2n) is 4.83. The molecule has 0 aliphatic heterocycles. The van der Waals surface area contributed by atoms with Crippen molar-refractivity contribution in [2.75, 3.05) is 5.32 Å². The predicted molar refractivity (Wildman–Crippen MR) is 88.1 cm³/mol. The molecule has 102 valence electrons. The number of anilines is 1. The van der Waals surface area contributed by atoms with E-state index in [4.69, 9.17) is 0 Å². The summed E-state index contributed by atoms with van der Waals surface area (Å²) in [4.78, 5) is 12.3. The lowest BCUT2D eigenvalue weighted by molar-refractivity contribution is -0.111. The Bertz CT molecular complexity index is 801. The molecule has 0 saturated carbocycles. The van der Waals surface area contributed by atoms with Crippen molar-refractivity contribution >= 4 is 27.9 Å². The van der Waals surface area contributed by atoms with Crippen LogP contribution in [0.2, 0.25) is 0 Å². The molecular formula is C19H15NO. The molecule has 0 spiro atoms. The quantitative estimate of drug-likeness (QED) is 0.700. The summed E-state index contributed by atoms with van der Waals surface area (Å²) in [6.07, 6.45) is 0. The first-order valence-electron chi connectivity index (χ1n) is 6.79. The van der Waals surface area contributed by atoms with Crippen LogP contribution in [0.3, 0.4) is 0 Å². The Balaban J connectivity index is 1.89. The number of rotatable bonds is 3. The molecule has 0 aliphatic rings. The van der Waals surface area contributed by atoms with Gasteiger partial charge in [0.25, 0.3) is 5.91 Å². The number of amides is 1. The summed E-state index contributed by atoms with van der Waals surface area (Å²) in [5.41, 5.74) is 2.09. The summed E-state index contributed by atoms with van der Waals surface area (Å²) in [7, 11) is 0. The molecule has 0 bridgehead atoms. The third-order valence-corrected chi connectivity index (χ3v) is 3.43. The second kappa shape index (κ2) is 5.63. The smallest absolute Gasteiger partial charge is 0.255 e. The third-order valence-electron chi connectivity index (χ3n) is 3.43. The van der Waals surface area contributed by atoms with Crippen LogP contribution in [-0.4, -0.2) is 5.91 Å². The molecule has 0 aromatic heterocycles. The summed E-state index contributed by atoms with van der Waals surface area (Å²) in [6, 6.07) is 23.3. The Hall–Kier alpha value is -2.87. The average Bonchev–Trinajstić information content (AvgIpc) is 2.55. The molecule has 2 heteroatoms. The molecule has 0 radical (unpaired) electrons. The van der Waals surface area contributed by atoms with Gasteiger partial charge in [0.2, 0.25) is 0 Å². The van der Waals surface area contributed by atoms with Crippen LogP contribution in [0.15, 0.2) is 79.4 Å². The number of benzene rings is 3. The van der Waals surface area contributed by atoms with Crippen LogP contribution in [-0.2, 0) is 4.79 Å². The Labute approximate surface area is 123 Å². The highest BCUT2D eigenvalue weighted by Gasteiger charge is 2.10. The molecule has 0 heterocycles. The number of nitrogens with one attached hydrogen (secondary N) is 1. The second-order valence-corrected chi connectivity index (χ2v) is 4.83. The number of hydrogen-bond acceptors (Lipinski definition) is 1. The molecule has 0 aliphatic carbocycles. The van der Waals surface area contributed by atoms with Gasteiger partial charge in [-0.1, -0.05) is 73.3 Å². The first-order chi connectivity index (χ1) is 10.3. The van der Waals surface area contributed by atoms with Crippen LogP contribution < -0.4 is 5.32 Å². The minimum absolute atomic E-state index is 0.183. The fraction of sp³-hybridized carbons (Fsp3) is 0. The normalized spacial score (nSPS) is 10.3. The zero-order valence-electron chi connectivity index (χ0n) is 11.5. The van der Waals surface area contributed by atoms with Gasteiger partial charge in [-0.25, -0.2) is 0 Å². The lowest BCUT2D eigenvalue weighted by Crippen LogP contribution is -2.13. The van der Waals surface area contributed by atoms with Gasteiger partial charge in [0, 0.05) is 16.6 Å². The number of carbonyl (C=O) groups is 1. The Morgan fingerprint density at radius 2 is 1.48 bits per heavy atom. The molecule has 3 aromatic carbocycles. The largest absolute Gasteiger partial charge is 0.321 e. The fourth-order valence-electron chi connectivity index (χ4n) is 2.30. The van der Waals surface area contributed by atoms with Crippen LogP contribution in [0.1, 0.15) is 5.56 Å². The minimum Gasteiger partial charge on any atom is -0.321 e. The molecule has 3 aromatic rings. The van der Waals surface area contributed by atoms with E-state index in [2.05, 4.69) is 11.9 Å². The van der Waals surface area contributed by atoms with E-state index in [0.29, 0.717) is 5.57 Å². The number of fused-ring (bicyclic) bond motifs is 1. The van der Waals surface area contributed by atoms with Gasteiger partial charge in [0.15, 0.2) is 0 Å². The lowest BCUT2D eigenvalue weighted by Gasteiger charge is -2.10. The van der Waals surface area contributed by atoms with Crippen molar-refractivity contribution in [3.63, 3.8) is 0 Å². The highest BCUT2D eigenvalue weighted by atomic mass is 16.1. The molecular weight excluding hydrogens is 258 g/mol. The van der Waals surface area contributed by atoms with E-state index in [-0.39, 0.29) is 5.91 Å². The van der Waals surface area contributed by atoms with Crippen LogP contribution in [0.5, 0.6) is 0 Å². The van der Waals surface area contributed by atoms with Gasteiger partial charge in [-0.05, 0) is 17.0 Å². The van der Waals surface area contributed by atoms with Gasteiger partial charge in [0.05, 0.1) is 0 Å². The maximum absolute atomic E-state index is 12.3. The lowest BCUT2D eigenvalue weighted by atomic mass is 10.1. The molecule has 1 amide bonds. The van der Waals surface area contributed by atoms with E-state index >= 15 is 0 Å². The van der Waals surface area contributed by atoms with Crippen molar-refractivity contribution in [1.82, 2.24) is 0 Å². The van der Waals surface area contributed by atoms with Crippen LogP contribution in [0.25, 0.3) is 16.3 Å². The molecule has 0 fully saturated rings. The van der Waals surface area contributed by atoms with Crippen LogP contribution in [0.4, 0.5) is 5.69 Å². The first-order valence-corrected chi connectivity index (χ1v) is 6.79. The van der Waals surface area contributed by atoms with E-state index in [9.17, 15) is 4.79 Å². The van der Waals surface area contributed by atoms with Crippen LogP contribution >= 0.6 is 0 Å². The van der Waals surface area contributed by atoms with Gasteiger partial charge in [-0.3, -0.25) is 4.79 Å². The summed E-state index contributed by atoms with van der Waals surface area (Å²) < 4.78 is 0. The van der Waals surface area contributed by atoms with Crippen molar-refractivity contribution in [2.24, 2.45) is 0 Å². The van der Waals surface area contributed by atoms with Gasteiger partial charge in [-0.2, -0.15) is 0 Å². The van der Waals surface area contributed by atoms with Crippen molar-refractivity contribution in [3.05, 3.63) is 84.9 Å². The van der Waals surface area contributed by atoms with Gasteiger partial charge in [0.1, 0.15) is 0 Å². The van der Waals surface area contributed by atoms with E-state index in [1.807, 2.05) is 72.8 Å². The Morgan fingerprint density at radius 1 is 0.810 bits per heavy atom. The fourth-order valence-corrected chi connectivity index (χ4v) is 2.30. The molecule has 3 rings (SSSR count). The predicted octanol–water partition coefficient (Wildman–Crippen LogP) is 4.49. The third kappa shape index (κ3) is 2.70. The van der Waals surface area contributed by atoms with Gasteiger partial charge in [-0.15, -0.1) is 0 Å². The zero-order valence-corrected chi connectivity index (χ0v) is 11.5. The van der Waals surface area contributed by atoms with Crippen molar-refractivity contribution in [2.45, 2.75) is 0 Å². The highest BCUT2D eigenvalue weighted by molar-refractivity contribution is 6.25. The van der Waals surface area contributed by atoms with Gasteiger partial charge < -0.3 is 5.32 Å². The Kier molecular flexibility index (Phi) is 3.52. The summed E-state index contributed by atoms with van der Waals surface area (Å²) >= 11 is 0. The standard InChI is InChI=1S/C19H15NO/c1-14(15-8-3-2-4-9-15)19(21)20-18-13-7-11-16-10-5-6-12-17(16)18/h2-13H,1H2,(H,20,21). The molecule has 2 nitrogen and oxygen atoms in total. The van der Waals surface area contributed by atoms with E-state index in [1.165, 1.54) is 0 Å². The van der Waals surface area contributed by atoms with Crippen molar-refractivity contribution in [1.29, 1.82) is 0 Å². The van der Waals surface area contributed by atoms with Gasteiger partial charge >= 0.3 is 0 Å². The number of carbonyl (C=O) groups excluding carboxylic acids is 1.